The summed E-state index contributed by atoms with van der Waals surface area (Å²) in [5.74, 6) is 0.0887. The Morgan fingerprint density at radius 3 is 2.95 bits per heavy atom. The maximum Gasteiger partial charge on any atom is 0.355 e. The van der Waals surface area contributed by atoms with Crippen molar-refractivity contribution < 1.29 is 23.6 Å². The van der Waals surface area contributed by atoms with Gasteiger partial charge in [-0.05, 0) is 31.5 Å². The molecule has 2 aliphatic heterocycles. The second-order valence-corrected chi connectivity index (χ2v) is 5.88. The lowest BCUT2D eigenvalue weighted by atomic mass is 10.0. The summed E-state index contributed by atoms with van der Waals surface area (Å²) < 4.78 is 16.3. The molecule has 2 heterocycles. The van der Waals surface area contributed by atoms with Gasteiger partial charge >= 0.3 is 5.97 Å². The first-order valence-electron chi connectivity index (χ1n) is 6.08. The van der Waals surface area contributed by atoms with E-state index in [2.05, 4.69) is 0 Å². The lowest BCUT2D eigenvalue weighted by molar-refractivity contribution is -0.151. The topological polar surface area (TPSA) is 68.2 Å². The molecule has 2 bridgehead atoms. The Bertz CT molecular complexity index is 396. The van der Waals surface area contributed by atoms with Gasteiger partial charge in [0.05, 0.1) is 6.61 Å². The SMILES string of the molecule is COCC1=C2C(=O)OC(C)(C)CC(OSC1)N2CO. The minimum Gasteiger partial charge on any atom is -0.455 e. The average Bonchev–Trinajstić information content (AvgIpc) is 2.53. The van der Waals surface area contributed by atoms with Crippen LogP contribution in [-0.4, -0.2) is 54.0 Å². The van der Waals surface area contributed by atoms with E-state index in [0.29, 0.717) is 24.5 Å². The molecule has 0 radical (unpaired) electrons. The van der Waals surface area contributed by atoms with Crippen molar-refractivity contribution in [2.45, 2.75) is 32.1 Å². The number of ether oxygens (including phenoxy) is 2. The van der Waals surface area contributed by atoms with Crippen molar-refractivity contribution in [1.82, 2.24) is 4.90 Å². The summed E-state index contributed by atoms with van der Waals surface area (Å²) in [6.07, 6.45) is 0.108. The van der Waals surface area contributed by atoms with Crippen molar-refractivity contribution in [2.75, 3.05) is 26.2 Å². The number of hydrogen-bond acceptors (Lipinski definition) is 7. The van der Waals surface area contributed by atoms with E-state index < -0.39 is 11.6 Å². The Kier molecular flexibility index (Phi) is 4.39. The number of fused-ring (bicyclic) bond motifs is 2. The number of rotatable bonds is 3. The number of aliphatic hydroxyl groups is 1. The monoisotopic (exact) mass is 289 g/mol. The van der Waals surface area contributed by atoms with E-state index in [0.717, 1.165) is 5.57 Å². The van der Waals surface area contributed by atoms with Crippen molar-refractivity contribution >= 4 is 18.0 Å². The molecule has 0 amide bonds. The molecule has 0 aliphatic carbocycles. The number of nitrogens with zero attached hydrogens (tertiary/aromatic N) is 1. The van der Waals surface area contributed by atoms with Gasteiger partial charge < -0.3 is 19.5 Å². The molecule has 7 heteroatoms. The lowest BCUT2D eigenvalue weighted by Crippen LogP contribution is -2.38. The third-order valence-corrected chi connectivity index (χ3v) is 3.91. The van der Waals surface area contributed by atoms with Gasteiger partial charge in [-0.25, -0.2) is 4.79 Å². The van der Waals surface area contributed by atoms with Crippen molar-refractivity contribution in [2.24, 2.45) is 0 Å². The normalized spacial score (nSPS) is 26.8. The van der Waals surface area contributed by atoms with Crippen LogP contribution in [0.1, 0.15) is 20.3 Å². The molecule has 0 saturated carbocycles. The van der Waals surface area contributed by atoms with E-state index in [1.54, 1.807) is 12.0 Å². The molecule has 0 aromatic heterocycles. The molecule has 1 atom stereocenters. The predicted octanol–water partition coefficient (Wildman–Crippen LogP) is 0.869. The number of methoxy groups -OCH3 is 1. The molecule has 1 unspecified atom stereocenters. The van der Waals surface area contributed by atoms with Gasteiger partial charge in [-0.2, -0.15) is 0 Å². The third kappa shape index (κ3) is 3.05. The summed E-state index contributed by atoms with van der Waals surface area (Å²) in [5, 5.41) is 9.57. The molecule has 2 aliphatic rings. The third-order valence-electron chi connectivity index (χ3n) is 3.08. The fraction of sp³-hybridized carbons (Fsp3) is 0.750. The van der Waals surface area contributed by atoms with Crippen LogP contribution < -0.4 is 0 Å². The summed E-state index contributed by atoms with van der Waals surface area (Å²) in [6.45, 7) is 3.69. The van der Waals surface area contributed by atoms with Gasteiger partial charge in [0.25, 0.3) is 0 Å². The van der Waals surface area contributed by atoms with Gasteiger partial charge in [0, 0.05) is 19.3 Å². The average molecular weight is 289 g/mol. The summed E-state index contributed by atoms with van der Waals surface area (Å²) in [6, 6.07) is 0. The first-order valence-corrected chi connectivity index (χ1v) is 6.99. The lowest BCUT2D eigenvalue weighted by Gasteiger charge is -2.29. The Morgan fingerprint density at radius 2 is 2.32 bits per heavy atom. The van der Waals surface area contributed by atoms with Crippen LogP contribution in [-0.2, 0) is 18.5 Å². The molecule has 19 heavy (non-hydrogen) atoms. The van der Waals surface area contributed by atoms with Crippen LogP contribution >= 0.6 is 12.0 Å². The molecule has 1 saturated heterocycles. The summed E-state index contributed by atoms with van der Waals surface area (Å²) >= 11 is 1.27. The first kappa shape index (κ1) is 14.6. The second kappa shape index (κ2) is 5.70. The molecule has 108 valence electrons. The van der Waals surface area contributed by atoms with Gasteiger partial charge in [-0.3, -0.25) is 4.18 Å². The first-order chi connectivity index (χ1) is 8.98. The maximum atomic E-state index is 12.3. The van der Waals surface area contributed by atoms with E-state index >= 15 is 0 Å². The van der Waals surface area contributed by atoms with Gasteiger partial charge in [-0.1, -0.05) is 0 Å². The molecule has 2 rings (SSSR count). The summed E-state index contributed by atoms with van der Waals surface area (Å²) in [7, 11) is 1.57. The standard InChI is InChI=1S/C12H19NO5S/c1-12(2)4-9-13(7-14)10(11(15)17-12)8(5-16-3)6-19-18-9/h9,14H,4-7H2,1-3H3. The van der Waals surface area contributed by atoms with Crippen LogP contribution in [0.3, 0.4) is 0 Å². The molecule has 0 aromatic carbocycles. The van der Waals surface area contributed by atoms with E-state index in [9.17, 15) is 9.90 Å². The fourth-order valence-electron chi connectivity index (χ4n) is 2.26. The van der Waals surface area contributed by atoms with Crippen LogP contribution in [0.5, 0.6) is 0 Å². The Hall–Kier alpha value is -0.760. The molecular weight excluding hydrogens is 270 g/mol. The Balaban J connectivity index is 2.46. The maximum absolute atomic E-state index is 12.3. The van der Waals surface area contributed by atoms with Crippen LogP contribution in [0.4, 0.5) is 0 Å². The highest BCUT2D eigenvalue weighted by Crippen LogP contribution is 2.35. The predicted molar refractivity (Wildman–Crippen MR) is 69.9 cm³/mol. The van der Waals surface area contributed by atoms with E-state index in [4.69, 9.17) is 13.7 Å². The highest BCUT2D eigenvalue weighted by molar-refractivity contribution is 7.94. The number of esters is 1. The quantitative estimate of drug-likeness (QED) is 0.610. The van der Waals surface area contributed by atoms with Crippen molar-refractivity contribution in [3.8, 4) is 0 Å². The minimum absolute atomic E-state index is 0.293. The summed E-state index contributed by atoms with van der Waals surface area (Å²) in [5.41, 5.74) is 0.504. The minimum atomic E-state index is -0.632. The van der Waals surface area contributed by atoms with Crippen LogP contribution in [0, 0.1) is 0 Å². The van der Waals surface area contributed by atoms with Crippen molar-refractivity contribution in [3.05, 3.63) is 11.3 Å². The van der Waals surface area contributed by atoms with Crippen molar-refractivity contribution in [3.63, 3.8) is 0 Å². The zero-order chi connectivity index (χ0) is 14.0. The molecule has 6 nitrogen and oxygen atoms in total. The highest BCUT2D eigenvalue weighted by atomic mass is 32.2. The van der Waals surface area contributed by atoms with E-state index in [-0.39, 0.29) is 13.0 Å². The molecule has 1 N–H and O–H groups in total. The largest absolute Gasteiger partial charge is 0.455 e. The van der Waals surface area contributed by atoms with Crippen LogP contribution in [0.15, 0.2) is 11.3 Å². The Labute approximate surface area is 116 Å². The second-order valence-electron chi connectivity index (χ2n) is 5.16. The van der Waals surface area contributed by atoms with E-state index in [1.165, 1.54) is 12.0 Å². The van der Waals surface area contributed by atoms with Gasteiger partial charge in [0.1, 0.15) is 24.3 Å². The van der Waals surface area contributed by atoms with Gasteiger partial charge in [-0.15, -0.1) is 0 Å². The van der Waals surface area contributed by atoms with Gasteiger partial charge in [0.2, 0.25) is 0 Å². The molecule has 1 fully saturated rings. The number of carbonyl (C=O) groups is 1. The van der Waals surface area contributed by atoms with Gasteiger partial charge in [0.15, 0.2) is 0 Å². The molecule has 0 spiro atoms. The number of carbonyl (C=O) groups excluding carboxylic acids is 1. The smallest absolute Gasteiger partial charge is 0.355 e. The Morgan fingerprint density at radius 1 is 1.58 bits per heavy atom. The number of cyclic esters (lactones) is 1. The van der Waals surface area contributed by atoms with E-state index in [1.807, 2.05) is 13.8 Å². The zero-order valence-corrected chi connectivity index (χ0v) is 12.2. The van der Waals surface area contributed by atoms with Crippen molar-refractivity contribution in [1.29, 1.82) is 0 Å². The highest BCUT2D eigenvalue weighted by Gasteiger charge is 2.42. The fourth-order valence-corrected chi connectivity index (χ4v) is 3.02. The number of aliphatic hydroxyl groups excluding tert-OH is 1. The molecule has 0 aromatic rings. The van der Waals surface area contributed by atoms with Crippen LogP contribution in [0.25, 0.3) is 0 Å². The van der Waals surface area contributed by atoms with Crippen LogP contribution in [0.2, 0.25) is 0 Å². The number of hydrogen-bond donors (Lipinski definition) is 1. The zero-order valence-electron chi connectivity index (χ0n) is 11.3. The summed E-state index contributed by atoms with van der Waals surface area (Å²) in [4.78, 5) is 13.8. The molecular formula is C12H19NO5S.